The fourth-order valence-corrected chi connectivity index (χ4v) is 14.1. The number of ether oxygens (including phenoxy) is 4. The summed E-state index contributed by atoms with van der Waals surface area (Å²) in [7, 11) is -9.91. The van der Waals surface area contributed by atoms with Crippen LogP contribution in [-0.2, 0) is 65.4 Å². The van der Waals surface area contributed by atoms with E-state index in [9.17, 15) is 43.2 Å². The highest BCUT2D eigenvalue weighted by Gasteiger charge is 2.30. The summed E-state index contributed by atoms with van der Waals surface area (Å²) < 4.78 is 68.6. The van der Waals surface area contributed by atoms with Gasteiger partial charge in [-0.15, -0.1) is 0 Å². The second-order valence-electron chi connectivity index (χ2n) is 30.1. The van der Waals surface area contributed by atoms with E-state index in [1.807, 2.05) is 0 Å². The molecule has 0 aliphatic rings. The van der Waals surface area contributed by atoms with Crippen molar-refractivity contribution in [1.82, 2.24) is 0 Å². The number of esters is 4. The van der Waals surface area contributed by atoms with Gasteiger partial charge < -0.3 is 33.8 Å². The van der Waals surface area contributed by atoms with Crippen molar-refractivity contribution in [3.63, 3.8) is 0 Å². The van der Waals surface area contributed by atoms with Crippen molar-refractivity contribution in [2.24, 2.45) is 11.8 Å². The predicted molar refractivity (Wildman–Crippen MR) is 409 cm³/mol. The average Bonchev–Trinajstić information content (AvgIpc) is 1.03. The van der Waals surface area contributed by atoms with Gasteiger partial charge in [-0.1, -0.05) is 375 Å². The van der Waals surface area contributed by atoms with Gasteiger partial charge in [-0.2, -0.15) is 0 Å². The highest BCUT2D eigenvalue weighted by atomic mass is 31.2. The van der Waals surface area contributed by atoms with E-state index in [1.54, 1.807) is 0 Å². The summed E-state index contributed by atoms with van der Waals surface area (Å²) in [6.07, 6.45) is 62.7. The lowest BCUT2D eigenvalue weighted by atomic mass is 10.0. The number of phosphoric ester groups is 2. The summed E-state index contributed by atoms with van der Waals surface area (Å²) in [5.41, 5.74) is 0. The van der Waals surface area contributed by atoms with Crippen LogP contribution in [-0.4, -0.2) is 96.7 Å². The molecule has 0 radical (unpaired) electrons. The molecule has 3 N–H and O–H groups in total. The van der Waals surface area contributed by atoms with Gasteiger partial charge in [-0.05, 0) is 37.5 Å². The van der Waals surface area contributed by atoms with Crippen molar-refractivity contribution in [2.45, 2.75) is 445 Å². The lowest BCUT2D eigenvalue weighted by Gasteiger charge is -2.21. The zero-order valence-electron chi connectivity index (χ0n) is 65.5. The summed E-state index contributed by atoms with van der Waals surface area (Å²) in [4.78, 5) is 72.9. The van der Waals surface area contributed by atoms with Crippen LogP contribution in [0.5, 0.6) is 0 Å². The van der Waals surface area contributed by atoms with Gasteiger partial charge in [0.2, 0.25) is 0 Å². The summed E-state index contributed by atoms with van der Waals surface area (Å²) in [5, 5.41) is 10.6. The second-order valence-corrected chi connectivity index (χ2v) is 33.0. The highest BCUT2D eigenvalue weighted by molar-refractivity contribution is 7.47. The van der Waals surface area contributed by atoms with Crippen LogP contribution in [0.1, 0.15) is 427 Å². The maximum atomic E-state index is 13.1. The minimum absolute atomic E-state index is 0.107. The van der Waals surface area contributed by atoms with Gasteiger partial charge in [-0.25, -0.2) is 9.13 Å². The quantitative estimate of drug-likeness (QED) is 0.0222. The number of phosphoric acid groups is 2. The zero-order chi connectivity index (χ0) is 73.5. The number of rotatable bonds is 80. The van der Waals surface area contributed by atoms with Gasteiger partial charge in [0.05, 0.1) is 26.4 Å². The molecule has 0 rings (SSSR count). The summed E-state index contributed by atoms with van der Waals surface area (Å²) in [6.45, 7) is 9.62. The van der Waals surface area contributed by atoms with Gasteiger partial charge in [0.25, 0.3) is 0 Å². The zero-order valence-corrected chi connectivity index (χ0v) is 67.3. The molecule has 0 aliphatic heterocycles. The first-order valence-corrected chi connectivity index (χ1v) is 45.0. The molecule has 0 aliphatic carbocycles. The van der Waals surface area contributed by atoms with Crippen LogP contribution in [0.4, 0.5) is 0 Å². The smallest absolute Gasteiger partial charge is 0.462 e. The van der Waals surface area contributed by atoms with Gasteiger partial charge >= 0.3 is 39.5 Å². The van der Waals surface area contributed by atoms with Crippen molar-refractivity contribution >= 4 is 39.5 Å². The number of hydrogen-bond acceptors (Lipinski definition) is 15. The number of carbonyl (C=O) groups excluding carboxylic acids is 4. The third-order valence-corrected chi connectivity index (χ3v) is 20.9. The molecule has 0 saturated carbocycles. The lowest BCUT2D eigenvalue weighted by molar-refractivity contribution is -0.161. The Bertz CT molecular complexity index is 1920. The highest BCUT2D eigenvalue weighted by Crippen LogP contribution is 2.45. The van der Waals surface area contributed by atoms with Crippen molar-refractivity contribution in [2.75, 3.05) is 39.6 Å². The summed E-state index contributed by atoms with van der Waals surface area (Å²) in [6, 6.07) is 0. The standard InChI is InChI=1S/C81H158O17P2/c1-7-9-11-13-15-16-17-18-19-20-21-22-23-24-25-30-36-41-47-53-59-65-81(86)98-77(70-92-79(84)64-58-52-46-40-35-31-26-28-33-38-44-49-55-61-73(3)4)72-96-100(89,90)94-68-75(82)67-93-99(87,88)95-71-76(69-91-78(83)63-57-51-43-14-12-10-8-2)97-80(85)66-60-54-48-42-37-32-27-29-34-39-45-50-56-62-74(5)6/h73-77,82H,7-72H2,1-6H3,(H,87,88)(H,89,90)/t75-,76+,77+/m0/s1. The van der Waals surface area contributed by atoms with Crippen molar-refractivity contribution in [3.05, 3.63) is 0 Å². The number of hydrogen-bond donors (Lipinski definition) is 3. The molecule has 0 aromatic carbocycles. The van der Waals surface area contributed by atoms with E-state index in [1.165, 1.54) is 231 Å². The molecular formula is C81H158O17P2. The fourth-order valence-electron chi connectivity index (χ4n) is 12.5. The minimum atomic E-state index is -4.96. The molecule has 0 fully saturated rings. The van der Waals surface area contributed by atoms with E-state index in [0.29, 0.717) is 25.7 Å². The Labute approximate surface area is 613 Å². The Hall–Kier alpha value is -1.94. The molecule has 0 heterocycles. The number of aliphatic hydroxyl groups excluding tert-OH is 1. The van der Waals surface area contributed by atoms with Crippen LogP contribution >= 0.6 is 15.6 Å². The Morgan fingerprint density at radius 2 is 0.460 bits per heavy atom. The Morgan fingerprint density at radius 1 is 0.270 bits per heavy atom. The van der Waals surface area contributed by atoms with Crippen molar-refractivity contribution in [1.29, 1.82) is 0 Å². The first-order chi connectivity index (χ1) is 48.4. The van der Waals surface area contributed by atoms with E-state index in [-0.39, 0.29) is 25.7 Å². The normalized spacial score (nSPS) is 13.9. The summed E-state index contributed by atoms with van der Waals surface area (Å²) in [5.74, 6) is -0.536. The molecule has 0 aromatic rings. The van der Waals surface area contributed by atoms with Crippen LogP contribution in [0.3, 0.4) is 0 Å². The van der Waals surface area contributed by atoms with Crippen LogP contribution in [0, 0.1) is 11.8 Å². The van der Waals surface area contributed by atoms with E-state index < -0.39 is 97.5 Å². The molecule has 0 amide bonds. The third kappa shape index (κ3) is 74.3. The van der Waals surface area contributed by atoms with E-state index in [2.05, 4.69) is 41.5 Å². The van der Waals surface area contributed by atoms with Crippen molar-refractivity contribution < 1.29 is 80.2 Å². The number of unbranched alkanes of at least 4 members (excludes halogenated alkanes) is 50. The first kappa shape index (κ1) is 98.1. The first-order valence-electron chi connectivity index (χ1n) is 42.0. The Balaban J connectivity index is 5.17. The molecule has 2 unspecified atom stereocenters. The largest absolute Gasteiger partial charge is 0.472 e. The third-order valence-electron chi connectivity index (χ3n) is 19.0. The Morgan fingerprint density at radius 3 is 0.680 bits per heavy atom. The van der Waals surface area contributed by atoms with Gasteiger partial charge in [0, 0.05) is 25.7 Å². The SMILES string of the molecule is CCCCCCCCCCCCCCCCCCCCCCCC(=O)O[C@H](COC(=O)CCCCCCCCCCCCCCCC(C)C)COP(=O)(O)OC[C@@H](O)COP(=O)(O)OC[C@@H](COC(=O)CCCCCCCCC)OC(=O)CCCCCCCCCCCCCCCC(C)C. The topological polar surface area (TPSA) is 237 Å². The predicted octanol–water partition coefficient (Wildman–Crippen LogP) is 24.3. The van der Waals surface area contributed by atoms with Crippen LogP contribution in [0.2, 0.25) is 0 Å². The van der Waals surface area contributed by atoms with Crippen LogP contribution < -0.4 is 0 Å². The van der Waals surface area contributed by atoms with Gasteiger partial charge in [-0.3, -0.25) is 37.3 Å². The molecule has 100 heavy (non-hydrogen) atoms. The number of carbonyl (C=O) groups is 4. The molecule has 0 spiro atoms. The van der Waals surface area contributed by atoms with Gasteiger partial charge in [0.15, 0.2) is 12.2 Å². The van der Waals surface area contributed by atoms with Crippen LogP contribution in [0.25, 0.3) is 0 Å². The second kappa shape index (κ2) is 72.6. The van der Waals surface area contributed by atoms with Gasteiger partial charge in [0.1, 0.15) is 19.3 Å². The van der Waals surface area contributed by atoms with E-state index in [0.717, 1.165) is 115 Å². The molecule has 594 valence electrons. The maximum Gasteiger partial charge on any atom is 0.472 e. The molecule has 0 aromatic heterocycles. The fraction of sp³-hybridized carbons (Fsp3) is 0.951. The Kier molecular flexibility index (Phi) is 71.2. The summed E-state index contributed by atoms with van der Waals surface area (Å²) >= 11 is 0. The lowest BCUT2D eigenvalue weighted by Crippen LogP contribution is -2.30. The van der Waals surface area contributed by atoms with Crippen molar-refractivity contribution in [3.8, 4) is 0 Å². The monoisotopic (exact) mass is 1470 g/mol. The molecular weight excluding hydrogens is 1310 g/mol. The molecule has 0 saturated heterocycles. The average molecular weight is 1470 g/mol. The molecule has 5 atom stereocenters. The molecule has 17 nitrogen and oxygen atoms in total. The van der Waals surface area contributed by atoms with E-state index >= 15 is 0 Å². The molecule has 0 bridgehead atoms. The van der Waals surface area contributed by atoms with E-state index in [4.69, 9.17) is 37.0 Å². The maximum absolute atomic E-state index is 13.1. The molecule has 19 heteroatoms. The van der Waals surface area contributed by atoms with Crippen LogP contribution in [0.15, 0.2) is 0 Å². The minimum Gasteiger partial charge on any atom is -0.462 e. The number of aliphatic hydroxyl groups is 1.